The Kier molecular flexibility index (Phi) is 5.85. The van der Waals surface area contributed by atoms with Crippen LogP contribution in [0.1, 0.15) is 59.2 Å². The zero-order valence-corrected chi connectivity index (χ0v) is 17.2. The number of fused-ring (bicyclic) bond motifs is 2. The summed E-state index contributed by atoms with van der Waals surface area (Å²) >= 11 is 0. The SMILES string of the molecule is Cc1ccc(C(=O)C2CC3CCCC(C2)N3C(=O)OCc2ccccc2)c(C#N)c1. The number of carbonyl (C=O) groups is 2. The molecule has 0 saturated carbocycles. The molecule has 0 aliphatic carbocycles. The summed E-state index contributed by atoms with van der Waals surface area (Å²) in [5.74, 6) is -0.131. The first-order chi connectivity index (χ1) is 14.6. The average Bonchev–Trinajstić information content (AvgIpc) is 2.76. The summed E-state index contributed by atoms with van der Waals surface area (Å²) in [6, 6.07) is 17.3. The molecule has 2 aliphatic heterocycles. The van der Waals surface area contributed by atoms with Gasteiger partial charge in [-0.3, -0.25) is 4.79 Å². The van der Waals surface area contributed by atoms with Crippen molar-refractivity contribution in [3.05, 3.63) is 70.8 Å². The molecule has 2 fully saturated rings. The van der Waals surface area contributed by atoms with Crippen molar-refractivity contribution in [1.29, 1.82) is 5.26 Å². The molecule has 1 amide bonds. The Morgan fingerprint density at radius 3 is 2.47 bits per heavy atom. The molecule has 0 N–H and O–H groups in total. The van der Waals surface area contributed by atoms with Gasteiger partial charge < -0.3 is 9.64 Å². The van der Waals surface area contributed by atoms with E-state index in [2.05, 4.69) is 6.07 Å². The number of carbonyl (C=O) groups excluding carboxylic acids is 2. The van der Waals surface area contributed by atoms with Crippen molar-refractivity contribution < 1.29 is 14.3 Å². The summed E-state index contributed by atoms with van der Waals surface area (Å²) < 4.78 is 5.59. The molecular formula is C25H26N2O3. The topological polar surface area (TPSA) is 70.4 Å². The normalized spacial score (nSPS) is 22.8. The predicted octanol–water partition coefficient (Wildman–Crippen LogP) is 5.02. The molecule has 4 rings (SSSR count). The Morgan fingerprint density at radius 2 is 1.80 bits per heavy atom. The number of Topliss-reactive ketones (excluding diaryl/α,β-unsaturated/α-hetero) is 1. The van der Waals surface area contributed by atoms with Crippen LogP contribution in [0.25, 0.3) is 0 Å². The number of benzene rings is 2. The van der Waals surface area contributed by atoms with Crippen molar-refractivity contribution >= 4 is 11.9 Å². The fourth-order valence-corrected chi connectivity index (χ4v) is 4.87. The van der Waals surface area contributed by atoms with Crippen molar-refractivity contribution in [3.63, 3.8) is 0 Å². The second-order valence-electron chi connectivity index (χ2n) is 8.38. The molecule has 0 spiro atoms. The number of aryl methyl sites for hydroxylation is 1. The van der Waals surface area contributed by atoms with Crippen LogP contribution in [0.5, 0.6) is 0 Å². The molecule has 2 atom stereocenters. The number of hydrogen-bond donors (Lipinski definition) is 0. The van der Waals surface area contributed by atoms with E-state index in [0.717, 1.165) is 30.4 Å². The van der Waals surface area contributed by atoms with Gasteiger partial charge in [0, 0.05) is 23.6 Å². The minimum absolute atomic E-state index is 0.0192. The number of ether oxygens (including phenoxy) is 1. The van der Waals surface area contributed by atoms with Gasteiger partial charge in [0.25, 0.3) is 0 Å². The molecular weight excluding hydrogens is 376 g/mol. The van der Waals surface area contributed by atoms with Gasteiger partial charge in [-0.25, -0.2) is 4.79 Å². The van der Waals surface area contributed by atoms with Crippen molar-refractivity contribution in [2.75, 3.05) is 0 Å². The quantitative estimate of drug-likeness (QED) is 0.673. The van der Waals surface area contributed by atoms with Crippen molar-refractivity contribution in [2.24, 2.45) is 5.92 Å². The Hall–Kier alpha value is -3.13. The summed E-state index contributed by atoms with van der Waals surface area (Å²) in [4.78, 5) is 27.9. The van der Waals surface area contributed by atoms with Gasteiger partial charge in [-0.15, -0.1) is 0 Å². The van der Waals surface area contributed by atoms with Gasteiger partial charge in [0.15, 0.2) is 5.78 Å². The Labute approximate surface area is 177 Å². The first-order valence-corrected chi connectivity index (χ1v) is 10.6. The summed E-state index contributed by atoms with van der Waals surface area (Å²) in [6.07, 6.45) is 3.82. The van der Waals surface area contributed by atoms with E-state index in [9.17, 15) is 14.9 Å². The largest absolute Gasteiger partial charge is 0.445 e. The fraction of sp³-hybridized carbons (Fsp3) is 0.400. The zero-order valence-electron chi connectivity index (χ0n) is 17.2. The van der Waals surface area contributed by atoms with Crippen molar-refractivity contribution in [3.8, 4) is 6.07 Å². The monoisotopic (exact) mass is 402 g/mol. The molecule has 2 aromatic carbocycles. The standard InChI is InChI=1S/C25H26N2O3/c1-17-10-11-23(20(12-17)15-26)24(28)19-13-21-8-5-9-22(14-19)27(21)25(29)30-16-18-6-3-2-4-7-18/h2-4,6-7,10-12,19,21-22H,5,8-9,13-14,16H2,1H3. The highest BCUT2D eigenvalue weighted by atomic mass is 16.6. The van der Waals surface area contributed by atoms with Crippen LogP contribution < -0.4 is 0 Å². The highest BCUT2D eigenvalue weighted by molar-refractivity contribution is 6.00. The predicted molar refractivity (Wildman–Crippen MR) is 113 cm³/mol. The van der Waals surface area contributed by atoms with Crippen LogP contribution in [0.15, 0.2) is 48.5 Å². The number of nitrogens with zero attached hydrogens (tertiary/aromatic N) is 2. The van der Waals surface area contributed by atoms with Gasteiger partial charge in [-0.2, -0.15) is 5.26 Å². The van der Waals surface area contributed by atoms with Gasteiger partial charge in [-0.05, 0) is 62.3 Å². The summed E-state index contributed by atoms with van der Waals surface area (Å²) in [5, 5.41) is 9.45. The number of hydrogen-bond acceptors (Lipinski definition) is 4. The zero-order chi connectivity index (χ0) is 21.1. The van der Waals surface area contributed by atoms with E-state index in [1.54, 1.807) is 12.1 Å². The number of rotatable bonds is 4. The van der Waals surface area contributed by atoms with Crippen LogP contribution in [0.3, 0.4) is 0 Å². The summed E-state index contributed by atoms with van der Waals surface area (Å²) in [6.45, 7) is 2.17. The van der Waals surface area contributed by atoms with Crippen LogP contribution in [-0.2, 0) is 11.3 Å². The van der Waals surface area contributed by atoms with Gasteiger partial charge in [0.1, 0.15) is 6.61 Å². The first kappa shape index (κ1) is 20.2. The molecule has 0 radical (unpaired) electrons. The molecule has 154 valence electrons. The number of nitriles is 1. The minimum Gasteiger partial charge on any atom is -0.445 e. The van der Waals surface area contributed by atoms with E-state index in [1.807, 2.05) is 48.2 Å². The molecule has 0 aromatic heterocycles. The third kappa shape index (κ3) is 4.09. The molecule has 2 heterocycles. The maximum atomic E-state index is 13.2. The van der Waals surface area contributed by atoms with Crippen molar-refractivity contribution in [2.45, 2.75) is 57.7 Å². The summed E-state index contributed by atoms with van der Waals surface area (Å²) in [7, 11) is 0. The lowest BCUT2D eigenvalue weighted by atomic mass is 9.75. The van der Waals surface area contributed by atoms with E-state index in [-0.39, 0.29) is 36.5 Å². The lowest BCUT2D eigenvalue weighted by Crippen LogP contribution is -2.55. The molecule has 2 saturated heterocycles. The van der Waals surface area contributed by atoms with Gasteiger partial charge >= 0.3 is 6.09 Å². The Morgan fingerprint density at radius 1 is 1.10 bits per heavy atom. The maximum Gasteiger partial charge on any atom is 0.410 e. The highest BCUT2D eigenvalue weighted by Gasteiger charge is 2.44. The van der Waals surface area contributed by atoms with E-state index >= 15 is 0 Å². The molecule has 5 nitrogen and oxygen atoms in total. The molecule has 30 heavy (non-hydrogen) atoms. The van der Waals surface area contributed by atoms with E-state index < -0.39 is 0 Å². The molecule has 2 aromatic rings. The second-order valence-corrected chi connectivity index (χ2v) is 8.38. The fourth-order valence-electron chi connectivity index (χ4n) is 4.87. The van der Waals surface area contributed by atoms with E-state index in [4.69, 9.17) is 4.74 Å². The lowest BCUT2D eigenvalue weighted by molar-refractivity contribution is 0.00472. The van der Waals surface area contributed by atoms with Crippen molar-refractivity contribution in [1.82, 2.24) is 4.90 Å². The van der Waals surface area contributed by atoms with Gasteiger partial charge in [0.2, 0.25) is 0 Å². The van der Waals surface area contributed by atoms with Crippen LogP contribution in [0, 0.1) is 24.2 Å². The van der Waals surface area contributed by atoms with Crippen LogP contribution in [0.2, 0.25) is 0 Å². The number of ketones is 1. The number of piperidine rings is 2. The lowest BCUT2D eigenvalue weighted by Gasteiger charge is -2.47. The highest BCUT2D eigenvalue weighted by Crippen LogP contribution is 2.39. The molecule has 2 bridgehead atoms. The summed E-state index contributed by atoms with van der Waals surface area (Å²) in [5.41, 5.74) is 2.88. The van der Waals surface area contributed by atoms with Crippen LogP contribution >= 0.6 is 0 Å². The first-order valence-electron chi connectivity index (χ1n) is 10.6. The second kappa shape index (κ2) is 8.71. The van der Waals surface area contributed by atoms with Gasteiger partial charge in [-0.1, -0.05) is 36.4 Å². The Bertz CT molecular complexity index is 966. The van der Waals surface area contributed by atoms with Crippen LogP contribution in [0.4, 0.5) is 4.79 Å². The van der Waals surface area contributed by atoms with Crippen LogP contribution in [-0.4, -0.2) is 28.9 Å². The van der Waals surface area contributed by atoms with Gasteiger partial charge in [0.05, 0.1) is 11.6 Å². The smallest absolute Gasteiger partial charge is 0.410 e. The average molecular weight is 402 g/mol. The molecule has 5 heteroatoms. The van der Waals surface area contributed by atoms with E-state index in [0.29, 0.717) is 24.0 Å². The number of amides is 1. The Balaban J connectivity index is 1.46. The third-order valence-electron chi connectivity index (χ3n) is 6.32. The molecule has 2 unspecified atom stereocenters. The van der Waals surface area contributed by atoms with E-state index in [1.165, 1.54) is 0 Å². The maximum absolute atomic E-state index is 13.2. The molecule has 2 aliphatic rings. The third-order valence-corrected chi connectivity index (χ3v) is 6.32. The minimum atomic E-state index is -0.285.